The number of likely N-dealkylation sites (tertiary alicyclic amines) is 1. The van der Waals surface area contributed by atoms with Gasteiger partial charge in [0.1, 0.15) is 5.82 Å². The Morgan fingerprint density at radius 2 is 1.79 bits per heavy atom. The first-order chi connectivity index (χ1) is 10.9. The minimum Gasteiger partial charge on any atom is -0.314 e. The number of halogens is 5. The molecule has 0 bridgehead atoms. The number of alkyl halides is 3. The minimum absolute atomic E-state index is 0. The van der Waals surface area contributed by atoms with Crippen molar-refractivity contribution >= 4 is 12.4 Å². The number of hydrogen-bond acceptors (Lipinski definition) is 3. The third-order valence-corrected chi connectivity index (χ3v) is 4.61. The van der Waals surface area contributed by atoms with Crippen molar-refractivity contribution in [1.82, 2.24) is 15.1 Å². The van der Waals surface area contributed by atoms with Crippen molar-refractivity contribution in [3.63, 3.8) is 0 Å². The first-order valence-corrected chi connectivity index (χ1v) is 7.95. The molecule has 0 radical (unpaired) electrons. The predicted octanol–water partition coefficient (Wildman–Crippen LogP) is 2.75. The van der Waals surface area contributed by atoms with E-state index in [4.69, 9.17) is 0 Å². The molecule has 3 rings (SSSR count). The molecular formula is C16H22ClF4N3. The van der Waals surface area contributed by atoms with E-state index in [0.29, 0.717) is 24.2 Å². The lowest BCUT2D eigenvalue weighted by molar-refractivity contribution is -0.137. The molecule has 1 N–H and O–H groups in total. The molecule has 0 saturated carbocycles. The number of rotatable bonds is 3. The van der Waals surface area contributed by atoms with Gasteiger partial charge in [0, 0.05) is 51.9 Å². The Kier molecular flexibility index (Phi) is 6.47. The van der Waals surface area contributed by atoms with E-state index < -0.39 is 17.6 Å². The molecule has 1 atom stereocenters. The van der Waals surface area contributed by atoms with Crippen molar-refractivity contribution in [3.8, 4) is 0 Å². The average Bonchev–Trinajstić information content (AvgIpc) is 2.95. The van der Waals surface area contributed by atoms with Gasteiger partial charge in [0.15, 0.2) is 0 Å². The van der Waals surface area contributed by atoms with Gasteiger partial charge in [0.05, 0.1) is 5.56 Å². The quantitative estimate of drug-likeness (QED) is 0.829. The second-order valence-electron chi connectivity index (χ2n) is 6.31. The fourth-order valence-corrected chi connectivity index (χ4v) is 3.46. The van der Waals surface area contributed by atoms with Gasteiger partial charge in [-0.15, -0.1) is 12.4 Å². The molecule has 1 unspecified atom stereocenters. The van der Waals surface area contributed by atoms with Crippen molar-refractivity contribution < 1.29 is 17.6 Å². The van der Waals surface area contributed by atoms with Crippen LogP contribution in [-0.4, -0.2) is 55.1 Å². The summed E-state index contributed by atoms with van der Waals surface area (Å²) in [7, 11) is 0. The van der Waals surface area contributed by atoms with E-state index in [1.54, 1.807) is 0 Å². The second kappa shape index (κ2) is 7.99. The van der Waals surface area contributed by atoms with Crippen LogP contribution in [0.1, 0.15) is 17.5 Å². The molecule has 2 aliphatic rings. The molecule has 2 heterocycles. The Bertz CT molecular complexity index is 547. The Hall–Kier alpha value is -0.890. The van der Waals surface area contributed by atoms with Gasteiger partial charge in [-0.05, 0) is 30.2 Å². The first-order valence-electron chi connectivity index (χ1n) is 7.95. The van der Waals surface area contributed by atoms with Crippen LogP contribution < -0.4 is 5.32 Å². The summed E-state index contributed by atoms with van der Waals surface area (Å²) in [5, 5.41) is 3.31. The summed E-state index contributed by atoms with van der Waals surface area (Å²) in [6, 6.07) is 3.26. The van der Waals surface area contributed by atoms with Crippen LogP contribution in [-0.2, 0) is 12.7 Å². The molecule has 2 fully saturated rings. The zero-order valence-corrected chi connectivity index (χ0v) is 14.1. The van der Waals surface area contributed by atoms with E-state index in [-0.39, 0.29) is 12.4 Å². The first kappa shape index (κ1) is 19.4. The third kappa shape index (κ3) is 4.81. The molecule has 1 aromatic rings. The lowest BCUT2D eigenvalue weighted by Crippen LogP contribution is -2.49. The van der Waals surface area contributed by atoms with E-state index in [2.05, 4.69) is 15.1 Å². The van der Waals surface area contributed by atoms with Crippen molar-refractivity contribution in [2.24, 2.45) is 0 Å². The van der Waals surface area contributed by atoms with E-state index >= 15 is 0 Å². The van der Waals surface area contributed by atoms with E-state index in [0.717, 1.165) is 51.8 Å². The van der Waals surface area contributed by atoms with Crippen LogP contribution in [0.3, 0.4) is 0 Å². The van der Waals surface area contributed by atoms with Gasteiger partial charge < -0.3 is 5.32 Å². The van der Waals surface area contributed by atoms with E-state index in [9.17, 15) is 17.6 Å². The summed E-state index contributed by atoms with van der Waals surface area (Å²) < 4.78 is 51.8. The monoisotopic (exact) mass is 367 g/mol. The van der Waals surface area contributed by atoms with Crippen LogP contribution in [0.2, 0.25) is 0 Å². The molecule has 136 valence electrons. The smallest absolute Gasteiger partial charge is 0.314 e. The van der Waals surface area contributed by atoms with Crippen LogP contribution in [0.25, 0.3) is 0 Å². The zero-order chi connectivity index (χ0) is 16.4. The number of nitrogens with zero attached hydrogens (tertiary/aromatic N) is 2. The van der Waals surface area contributed by atoms with Gasteiger partial charge >= 0.3 is 6.18 Å². The molecular weight excluding hydrogens is 346 g/mol. The lowest BCUT2D eigenvalue weighted by atomic mass is 10.1. The molecule has 0 aromatic heterocycles. The standard InChI is InChI=1S/C16H21F4N3.ClH/c17-14-8-12(7-13(9-14)16(18,19)20)10-22-4-1-15(11-22)23-5-2-21-3-6-23;/h7-9,15,21H,1-6,10-11H2;1H. The molecule has 0 spiro atoms. The largest absolute Gasteiger partial charge is 0.416 e. The molecule has 2 aliphatic heterocycles. The second-order valence-corrected chi connectivity index (χ2v) is 6.31. The SMILES string of the molecule is Cl.Fc1cc(CN2CCC(N3CCNCC3)C2)cc(C(F)(F)F)c1. The topological polar surface area (TPSA) is 18.5 Å². The van der Waals surface area contributed by atoms with Crippen molar-refractivity contribution in [2.75, 3.05) is 39.3 Å². The summed E-state index contributed by atoms with van der Waals surface area (Å²) in [6.07, 6.45) is -3.49. The number of nitrogens with one attached hydrogen (secondary N) is 1. The Balaban J connectivity index is 0.00000208. The average molecular weight is 368 g/mol. The summed E-state index contributed by atoms with van der Waals surface area (Å²) in [5.74, 6) is -0.826. The molecule has 3 nitrogen and oxygen atoms in total. The normalized spacial score (nSPS) is 23.2. The Labute approximate surface area is 145 Å². The molecule has 0 amide bonds. The van der Waals surface area contributed by atoms with Gasteiger partial charge in [-0.1, -0.05) is 0 Å². The number of benzene rings is 1. The van der Waals surface area contributed by atoms with Gasteiger partial charge in [-0.25, -0.2) is 4.39 Å². The van der Waals surface area contributed by atoms with Crippen LogP contribution >= 0.6 is 12.4 Å². The fraction of sp³-hybridized carbons (Fsp3) is 0.625. The molecule has 0 aliphatic carbocycles. The third-order valence-electron chi connectivity index (χ3n) is 4.61. The van der Waals surface area contributed by atoms with Gasteiger partial charge in [0.25, 0.3) is 0 Å². The highest BCUT2D eigenvalue weighted by Gasteiger charge is 2.32. The molecule has 2 saturated heterocycles. The molecule has 24 heavy (non-hydrogen) atoms. The van der Waals surface area contributed by atoms with Crippen molar-refractivity contribution in [3.05, 3.63) is 35.1 Å². The minimum atomic E-state index is -4.51. The number of piperazine rings is 1. The lowest BCUT2D eigenvalue weighted by Gasteiger charge is -2.32. The van der Waals surface area contributed by atoms with E-state index in [1.165, 1.54) is 6.07 Å². The van der Waals surface area contributed by atoms with Crippen LogP contribution in [0.5, 0.6) is 0 Å². The summed E-state index contributed by atoms with van der Waals surface area (Å²) in [4.78, 5) is 4.55. The Morgan fingerprint density at radius 1 is 1.08 bits per heavy atom. The highest BCUT2D eigenvalue weighted by molar-refractivity contribution is 5.85. The van der Waals surface area contributed by atoms with Crippen LogP contribution in [0.4, 0.5) is 17.6 Å². The van der Waals surface area contributed by atoms with Gasteiger partial charge in [-0.2, -0.15) is 13.2 Å². The summed E-state index contributed by atoms with van der Waals surface area (Å²) >= 11 is 0. The zero-order valence-electron chi connectivity index (χ0n) is 13.3. The molecule has 1 aromatic carbocycles. The number of hydrogen-bond donors (Lipinski definition) is 1. The van der Waals surface area contributed by atoms with Crippen molar-refractivity contribution in [1.29, 1.82) is 0 Å². The Morgan fingerprint density at radius 3 is 2.46 bits per heavy atom. The summed E-state index contributed by atoms with van der Waals surface area (Å²) in [6.45, 7) is 6.02. The van der Waals surface area contributed by atoms with Crippen molar-refractivity contribution in [2.45, 2.75) is 25.2 Å². The predicted molar refractivity (Wildman–Crippen MR) is 86.8 cm³/mol. The highest BCUT2D eigenvalue weighted by atomic mass is 35.5. The summed E-state index contributed by atoms with van der Waals surface area (Å²) in [5.41, 5.74) is -0.524. The fourth-order valence-electron chi connectivity index (χ4n) is 3.46. The van der Waals surface area contributed by atoms with Crippen LogP contribution in [0, 0.1) is 5.82 Å². The maximum atomic E-state index is 13.5. The van der Waals surface area contributed by atoms with Gasteiger partial charge in [0.2, 0.25) is 0 Å². The highest BCUT2D eigenvalue weighted by Crippen LogP contribution is 2.31. The molecule has 8 heteroatoms. The van der Waals surface area contributed by atoms with E-state index in [1.807, 2.05) is 0 Å². The maximum Gasteiger partial charge on any atom is 0.416 e. The van der Waals surface area contributed by atoms with Crippen LogP contribution in [0.15, 0.2) is 18.2 Å². The maximum absolute atomic E-state index is 13.5. The van der Waals surface area contributed by atoms with Gasteiger partial charge in [-0.3, -0.25) is 9.80 Å².